The van der Waals surface area contributed by atoms with E-state index in [-0.39, 0.29) is 24.8 Å². The van der Waals surface area contributed by atoms with E-state index in [0.29, 0.717) is 17.2 Å². The molecule has 2 amide bonds. The fourth-order valence-corrected chi connectivity index (χ4v) is 2.67. The Kier molecular flexibility index (Phi) is 7.77. The summed E-state index contributed by atoms with van der Waals surface area (Å²) >= 11 is 0. The van der Waals surface area contributed by atoms with Crippen LogP contribution >= 0.6 is 0 Å². The molecule has 0 unspecified atom stereocenters. The molecule has 0 aliphatic rings. The van der Waals surface area contributed by atoms with Crippen LogP contribution in [0.5, 0.6) is 11.5 Å². The van der Waals surface area contributed by atoms with Gasteiger partial charge in [-0.05, 0) is 59.7 Å². The van der Waals surface area contributed by atoms with Gasteiger partial charge in [-0.2, -0.15) is 5.10 Å². The largest absolute Gasteiger partial charge is 0.497 e. The number of carbonyl (C=O) groups is 2. The predicted molar refractivity (Wildman–Crippen MR) is 119 cm³/mol. The maximum absolute atomic E-state index is 12.0. The summed E-state index contributed by atoms with van der Waals surface area (Å²) in [5, 5.41) is 6.71. The molecule has 0 saturated heterocycles. The fraction of sp³-hybridized carbons (Fsp3) is 0.125. The van der Waals surface area contributed by atoms with E-state index < -0.39 is 0 Å². The van der Waals surface area contributed by atoms with Gasteiger partial charge in [-0.3, -0.25) is 9.59 Å². The Morgan fingerprint density at radius 2 is 1.55 bits per heavy atom. The molecule has 0 aromatic heterocycles. The number of anilines is 1. The van der Waals surface area contributed by atoms with Crippen molar-refractivity contribution >= 4 is 23.7 Å². The van der Waals surface area contributed by atoms with Crippen molar-refractivity contribution in [1.29, 1.82) is 0 Å². The lowest BCUT2D eigenvalue weighted by atomic mass is 10.1. The number of hydrazone groups is 1. The lowest BCUT2D eigenvalue weighted by Crippen LogP contribution is -2.20. The first kappa shape index (κ1) is 21.6. The molecule has 0 radical (unpaired) electrons. The molecule has 0 saturated carbocycles. The molecule has 0 aliphatic heterocycles. The SMILES string of the molecule is COc1ccc(NC(=O)COc2ccc(/C=N/NC(=O)Cc3ccccc3)cc2)cc1. The van der Waals surface area contributed by atoms with Crippen LogP contribution in [-0.4, -0.2) is 31.7 Å². The van der Waals surface area contributed by atoms with E-state index in [1.54, 1.807) is 61.9 Å². The first-order valence-corrected chi connectivity index (χ1v) is 9.65. The Morgan fingerprint density at radius 3 is 2.23 bits per heavy atom. The van der Waals surface area contributed by atoms with Crippen molar-refractivity contribution in [3.8, 4) is 11.5 Å². The highest BCUT2D eigenvalue weighted by molar-refractivity contribution is 5.92. The van der Waals surface area contributed by atoms with E-state index in [2.05, 4.69) is 15.8 Å². The monoisotopic (exact) mass is 417 g/mol. The van der Waals surface area contributed by atoms with Crippen molar-refractivity contribution in [3.05, 3.63) is 90.0 Å². The Balaban J connectivity index is 1.41. The molecular formula is C24H23N3O4. The van der Waals surface area contributed by atoms with E-state index in [9.17, 15) is 9.59 Å². The van der Waals surface area contributed by atoms with Crippen molar-refractivity contribution in [1.82, 2.24) is 5.43 Å². The normalized spacial score (nSPS) is 10.5. The second-order valence-corrected chi connectivity index (χ2v) is 6.59. The van der Waals surface area contributed by atoms with E-state index in [4.69, 9.17) is 9.47 Å². The zero-order valence-corrected chi connectivity index (χ0v) is 17.1. The zero-order valence-electron chi connectivity index (χ0n) is 17.1. The van der Waals surface area contributed by atoms with E-state index in [0.717, 1.165) is 11.1 Å². The molecular weight excluding hydrogens is 394 g/mol. The molecule has 3 rings (SSSR count). The number of nitrogens with one attached hydrogen (secondary N) is 2. The molecule has 0 fully saturated rings. The first-order valence-electron chi connectivity index (χ1n) is 9.65. The Morgan fingerprint density at radius 1 is 0.871 bits per heavy atom. The third kappa shape index (κ3) is 7.32. The van der Waals surface area contributed by atoms with E-state index >= 15 is 0 Å². The number of hydrogen-bond acceptors (Lipinski definition) is 5. The van der Waals surface area contributed by atoms with Gasteiger partial charge in [0.05, 0.1) is 19.7 Å². The maximum atomic E-state index is 12.0. The standard InChI is InChI=1S/C24H23N3O4/c1-30-21-13-9-20(10-14-21)26-24(29)17-31-22-11-7-19(8-12-22)16-25-27-23(28)15-18-5-3-2-4-6-18/h2-14,16H,15,17H2,1H3,(H,26,29)(H,27,28)/b25-16+. The lowest BCUT2D eigenvalue weighted by molar-refractivity contribution is -0.120. The molecule has 3 aromatic carbocycles. The Hall–Kier alpha value is -4.13. The van der Waals surface area contributed by atoms with Gasteiger partial charge in [0.15, 0.2) is 6.61 Å². The summed E-state index contributed by atoms with van der Waals surface area (Å²) in [4.78, 5) is 23.9. The van der Waals surface area contributed by atoms with Crippen LogP contribution in [0.25, 0.3) is 0 Å². The highest BCUT2D eigenvalue weighted by atomic mass is 16.5. The molecule has 3 aromatic rings. The summed E-state index contributed by atoms with van der Waals surface area (Å²) in [6, 6.07) is 23.5. The quantitative estimate of drug-likeness (QED) is 0.413. The van der Waals surface area contributed by atoms with Crippen molar-refractivity contribution in [2.24, 2.45) is 5.10 Å². The van der Waals surface area contributed by atoms with Gasteiger partial charge >= 0.3 is 0 Å². The Labute approximate surface area is 180 Å². The number of methoxy groups -OCH3 is 1. The molecule has 7 nitrogen and oxygen atoms in total. The summed E-state index contributed by atoms with van der Waals surface area (Å²) < 4.78 is 10.6. The summed E-state index contributed by atoms with van der Waals surface area (Å²) in [6.07, 6.45) is 1.81. The summed E-state index contributed by atoms with van der Waals surface area (Å²) in [7, 11) is 1.58. The van der Waals surface area contributed by atoms with Crippen LogP contribution in [0.15, 0.2) is 84.0 Å². The van der Waals surface area contributed by atoms with Crippen LogP contribution in [0.4, 0.5) is 5.69 Å². The minimum atomic E-state index is -0.267. The molecule has 31 heavy (non-hydrogen) atoms. The van der Waals surface area contributed by atoms with Crippen LogP contribution in [0.3, 0.4) is 0 Å². The molecule has 0 heterocycles. The van der Waals surface area contributed by atoms with Crippen LogP contribution in [0.1, 0.15) is 11.1 Å². The maximum Gasteiger partial charge on any atom is 0.262 e. The van der Waals surface area contributed by atoms with Crippen molar-refractivity contribution < 1.29 is 19.1 Å². The van der Waals surface area contributed by atoms with Crippen LogP contribution in [0.2, 0.25) is 0 Å². The smallest absolute Gasteiger partial charge is 0.262 e. The highest BCUT2D eigenvalue weighted by Crippen LogP contribution is 2.15. The molecule has 7 heteroatoms. The van der Waals surface area contributed by atoms with E-state index in [1.165, 1.54) is 0 Å². The van der Waals surface area contributed by atoms with Crippen LogP contribution in [-0.2, 0) is 16.0 Å². The number of benzene rings is 3. The number of nitrogens with zero attached hydrogens (tertiary/aromatic N) is 1. The average Bonchev–Trinajstić information content (AvgIpc) is 2.80. The summed E-state index contributed by atoms with van der Waals surface area (Å²) in [6.45, 7) is -0.116. The van der Waals surface area contributed by atoms with Gasteiger partial charge in [-0.25, -0.2) is 5.43 Å². The fourth-order valence-electron chi connectivity index (χ4n) is 2.67. The van der Waals surface area contributed by atoms with Gasteiger partial charge in [-0.1, -0.05) is 30.3 Å². The van der Waals surface area contributed by atoms with Crippen LogP contribution < -0.4 is 20.2 Å². The molecule has 0 atom stereocenters. The summed E-state index contributed by atoms with van der Waals surface area (Å²) in [5.41, 5.74) is 4.88. The van der Waals surface area contributed by atoms with Gasteiger partial charge in [-0.15, -0.1) is 0 Å². The predicted octanol–water partition coefficient (Wildman–Crippen LogP) is 3.41. The van der Waals surface area contributed by atoms with E-state index in [1.807, 2.05) is 30.3 Å². The number of ether oxygens (including phenoxy) is 2. The average molecular weight is 417 g/mol. The lowest BCUT2D eigenvalue weighted by Gasteiger charge is -2.08. The molecule has 0 spiro atoms. The molecule has 2 N–H and O–H groups in total. The molecule has 158 valence electrons. The number of rotatable bonds is 9. The minimum Gasteiger partial charge on any atom is -0.497 e. The highest BCUT2D eigenvalue weighted by Gasteiger charge is 2.04. The minimum absolute atomic E-state index is 0.116. The summed E-state index contributed by atoms with van der Waals surface area (Å²) in [5.74, 6) is 0.811. The van der Waals surface area contributed by atoms with Crippen molar-refractivity contribution in [2.75, 3.05) is 19.0 Å². The van der Waals surface area contributed by atoms with Gasteiger partial charge in [0.2, 0.25) is 5.91 Å². The van der Waals surface area contributed by atoms with Gasteiger partial charge < -0.3 is 14.8 Å². The van der Waals surface area contributed by atoms with Crippen molar-refractivity contribution in [3.63, 3.8) is 0 Å². The molecule has 0 bridgehead atoms. The van der Waals surface area contributed by atoms with Crippen LogP contribution in [0, 0.1) is 0 Å². The van der Waals surface area contributed by atoms with Gasteiger partial charge in [0.1, 0.15) is 11.5 Å². The second kappa shape index (κ2) is 11.2. The zero-order chi connectivity index (χ0) is 21.9. The van der Waals surface area contributed by atoms with Crippen molar-refractivity contribution in [2.45, 2.75) is 6.42 Å². The Bertz CT molecular complexity index is 1020. The topological polar surface area (TPSA) is 89.0 Å². The third-order valence-corrected chi connectivity index (χ3v) is 4.23. The first-order chi connectivity index (χ1) is 15.1. The van der Waals surface area contributed by atoms with Gasteiger partial charge in [0.25, 0.3) is 5.91 Å². The number of amides is 2. The third-order valence-electron chi connectivity index (χ3n) is 4.23. The van der Waals surface area contributed by atoms with Gasteiger partial charge in [0, 0.05) is 5.69 Å². The number of carbonyl (C=O) groups excluding carboxylic acids is 2. The second-order valence-electron chi connectivity index (χ2n) is 6.59. The molecule has 0 aliphatic carbocycles. The number of hydrogen-bond donors (Lipinski definition) is 2.